The molecule has 0 radical (unpaired) electrons. The number of hydrogen-bond donors (Lipinski definition) is 0. The summed E-state index contributed by atoms with van der Waals surface area (Å²) in [7, 11) is 1.87. The second kappa shape index (κ2) is 9.70. The molecule has 1 saturated heterocycles. The molecule has 0 atom stereocenters. The number of benzene rings is 2. The van der Waals surface area contributed by atoms with Crippen molar-refractivity contribution < 1.29 is 4.79 Å². The number of likely N-dealkylation sites (N-methyl/N-ethyl adjacent to an activating group) is 1. The van der Waals surface area contributed by atoms with Crippen LogP contribution in [0.5, 0.6) is 0 Å². The number of rotatable bonds is 4. The van der Waals surface area contributed by atoms with Gasteiger partial charge in [0.15, 0.2) is 5.11 Å². The smallest absolute Gasteiger partial charge is 0.281 e. The number of carbonyl (C=O) groups is 1. The Morgan fingerprint density at radius 2 is 1.53 bits per heavy atom. The summed E-state index contributed by atoms with van der Waals surface area (Å²) in [5.41, 5.74) is 9.64. The molecular weight excluding hydrogens is 462 g/mol. The molecule has 1 amide bonds. The molecule has 0 spiro atoms. The highest BCUT2D eigenvalue weighted by atomic mass is 32.1. The number of thiocarbonyl (C=S) groups is 1. The Morgan fingerprint density at radius 3 is 2.19 bits per heavy atom. The van der Waals surface area contributed by atoms with Crippen molar-refractivity contribution in [1.82, 2.24) is 9.47 Å². The third-order valence-electron chi connectivity index (χ3n) is 8.00. The van der Waals surface area contributed by atoms with Crippen LogP contribution in [-0.2, 0) is 4.79 Å². The van der Waals surface area contributed by atoms with Gasteiger partial charge in [-0.05, 0) is 117 Å². The van der Waals surface area contributed by atoms with Crippen LogP contribution < -0.4 is 4.90 Å². The first kappa shape index (κ1) is 24.5. The van der Waals surface area contributed by atoms with Crippen molar-refractivity contribution in [2.45, 2.75) is 65.7 Å². The van der Waals surface area contributed by atoms with Crippen molar-refractivity contribution in [2.24, 2.45) is 0 Å². The molecule has 5 rings (SSSR count). The molecule has 1 aliphatic heterocycles. The maximum Gasteiger partial charge on any atom is 0.281 e. The fraction of sp³-hybridized carbons (Fsp3) is 0.355. The lowest BCUT2D eigenvalue weighted by molar-refractivity contribution is -0.114. The van der Waals surface area contributed by atoms with Crippen molar-refractivity contribution in [3.63, 3.8) is 0 Å². The van der Waals surface area contributed by atoms with E-state index in [9.17, 15) is 4.79 Å². The Kier molecular flexibility index (Phi) is 6.60. The van der Waals surface area contributed by atoms with E-state index in [4.69, 9.17) is 12.2 Å². The summed E-state index contributed by atoms with van der Waals surface area (Å²) < 4.78 is 2.27. The number of nitrogens with zero attached hydrogens (tertiary/aromatic N) is 3. The molecule has 4 nitrogen and oxygen atoms in total. The van der Waals surface area contributed by atoms with Crippen LogP contribution in [0.25, 0.3) is 11.8 Å². The normalized spacial score (nSPS) is 18.1. The predicted molar refractivity (Wildman–Crippen MR) is 153 cm³/mol. The first-order chi connectivity index (χ1) is 17.3. The molecule has 0 N–H and O–H groups in total. The largest absolute Gasteiger partial charge is 0.318 e. The maximum absolute atomic E-state index is 13.5. The molecule has 3 aromatic rings. The number of aryl methyl sites for hydroxylation is 3. The van der Waals surface area contributed by atoms with Crippen LogP contribution in [0.4, 0.5) is 5.69 Å². The number of hydrogen-bond acceptors (Lipinski definition) is 2. The zero-order chi connectivity index (χ0) is 25.6. The molecule has 1 saturated carbocycles. The molecule has 36 heavy (non-hydrogen) atoms. The van der Waals surface area contributed by atoms with Gasteiger partial charge in [-0.1, -0.05) is 37.5 Å². The lowest BCUT2D eigenvalue weighted by atomic mass is 9.84. The highest BCUT2D eigenvalue weighted by Crippen LogP contribution is 2.34. The summed E-state index contributed by atoms with van der Waals surface area (Å²) in [6.45, 7) is 8.36. The molecule has 2 aromatic carbocycles. The van der Waals surface area contributed by atoms with Gasteiger partial charge in [-0.2, -0.15) is 0 Å². The minimum atomic E-state index is -0.0904. The lowest BCUT2D eigenvalue weighted by Crippen LogP contribution is -2.31. The number of amides is 1. The van der Waals surface area contributed by atoms with E-state index in [2.05, 4.69) is 62.6 Å². The highest BCUT2D eigenvalue weighted by Gasteiger charge is 2.37. The van der Waals surface area contributed by atoms with Crippen molar-refractivity contribution in [3.8, 4) is 5.69 Å². The van der Waals surface area contributed by atoms with Gasteiger partial charge >= 0.3 is 0 Å². The van der Waals surface area contributed by atoms with E-state index in [-0.39, 0.29) is 5.91 Å². The van der Waals surface area contributed by atoms with Crippen molar-refractivity contribution >= 4 is 35.0 Å². The lowest BCUT2D eigenvalue weighted by Gasteiger charge is -2.22. The first-order valence-electron chi connectivity index (χ1n) is 13.0. The van der Waals surface area contributed by atoms with E-state index >= 15 is 0 Å². The van der Waals surface area contributed by atoms with Crippen LogP contribution in [0.1, 0.15) is 71.7 Å². The summed E-state index contributed by atoms with van der Waals surface area (Å²) >= 11 is 5.68. The van der Waals surface area contributed by atoms with Gasteiger partial charge in [-0.25, -0.2) is 0 Å². The Hall–Kier alpha value is -3.18. The van der Waals surface area contributed by atoms with E-state index in [1.165, 1.54) is 43.2 Å². The zero-order valence-corrected chi connectivity index (χ0v) is 22.8. The summed E-state index contributed by atoms with van der Waals surface area (Å²) in [5, 5.41) is 0.501. The molecule has 2 aliphatic rings. The molecule has 0 unspecified atom stereocenters. The van der Waals surface area contributed by atoms with Crippen molar-refractivity contribution in [3.05, 3.63) is 87.9 Å². The van der Waals surface area contributed by atoms with Gasteiger partial charge in [0.2, 0.25) is 0 Å². The topological polar surface area (TPSA) is 28.5 Å². The second-order valence-electron chi connectivity index (χ2n) is 10.4. The van der Waals surface area contributed by atoms with E-state index in [1.54, 1.807) is 4.90 Å². The molecular formula is C31H35N3OS. The monoisotopic (exact) mass is 497 g/mol. The standard InChI is InChI=1S/C31H35N3OS/c1-20-11-14-28(17-21(20)2)34-30(35)29(32(5)31(34)36)19-26-18-22(3)33(23(26)4)27-15-12-25(13-16-27)24-9-7-6-8-10-24/h11-19,24H,6-10H2,1-5H3/b29-19-. The van der Waals surface area contributed by atoms with Crippen LogP contribution in [0, 0.1) is 27.7 Å². The first-order valence-corrected chi connectivity index (χ1v) is 13.4. The summed E-state index contributed by atoms with van der Waals surface area (Å²) in [4.78, 5) is 17.0. The van der Waals surface area contributed by atoms with E-state index in [0.29, 0.717) is 16.7 Å². The van der Waals surface area contributed by atoms with Crippen LogP contribution in [0.3, 0.4) is 0 Å². The van der Waals surface area contributed by atoms with Crippen molar-refractivity contribution in [2.75, 3.05) is 11.9 Å². The minimum absolute atomic E-state index is 0.0904. The highest BCUT2D eigenvalue weighted by molar-refractivity contribution is 7.80. The second-order valence-corrected chi connectivity index (χ2v) is 10.7. The van der Waals surface area contributed by atoms with E-state index < -0.39 is 0 Å². The van der Waals surface area contributed by atoms with Gasteiger partial charge < -0.3 is 9.47 Å². The van der Waals surface area contributed by atoms with Crippen LogP contribution in [0.2, 0.25) is 0 Å². The Morgan fingerprint density at radius 1 is 0.861 bits per heavy atom. The van der Waals surface area contributed by atoms with Crippen LogP contribution in [-0.4, -0.2) is 27.5 Å². The van der Waals surface area contributed by atoms with Gasteiger partial charge in [-0.15, -0.1) is 0 Å². The zero-order valence-electron chi connectivity index (χ0n) is 22.0. The molecule has 2 fully saturated rings. The van der Waals surface area contributed by atoms with Gasteiger partial charge in [0.1, 0.15) is 5.70 Å². The molecule has 1 aromatic heterocycles. The van der Waals surface area contributed by atoms with E-state index in [0.717, 1.165) is 33.9 Å². The summed E-state index contributed by atoms with van der Waals surface area (Å²) in [6.07, 6.45) is 8.66. The van der Waals surface area contributed by atoms with E-state index in [1.807, 2.05) is 36.2 Å². The third-order valence-corrected chi connectivity index (χ3v) is 8.46. The maximum atomic E-state index is 13.5. The quantitative estimate of drug-likeness (QED) is 0.278. The number of carbonyl (C=O) groups excluding carboxylic acids is 1. The predicted octanol–water partition coefficient (Wildman–Crippen LogP) is 7.36. The molecule has 186 valence electrons. The fourth-order valence-corrected chi connectivity index (χ4v) is 5.95. The summed E-state index contributed by atoms with van der Waals surface area (Å²) in [6, 6.07) is 17.3. The van der Waals surface area contributed by atoms with Crippen molar-refractivity contribution in [1.29, 1.82) is 0 Å². The van der Waals surface area contributed by atoms with Gasteiger partial charge in [0.25, 0.3) is 5.91 Å². The van der Waals surface area contributed by atoms with Gasteiger partial charge in [-0.3, -0.25) is 9.69 Å². The van der Waals surface area contributed by atoms with Crippen LogP contribution >= 0.6 is 12.2 Å². The Labute approximate surface area is 220 Å². The average molecular weight is 498 g/mol. The fourth-order valence-electron chi connectivity index (χ4n) is 5.66. The molecule has 2 heterocycles. The minimum Gasteiger partial charge on any atom is -0.318 e. The molecule has 0 bridgehead atoms. The van der Waals surface area contributed by atoms with Gasteiger partial charge in [0.05, 0.1) is 5.69 Å². The Bertz CT molecular complexity index is 1360. The number of aromatic nitrogens is 1. The summed E-state index contributed by atoms with van der Waals surface area (Å²) in [5.74, 6) is 0.611. The third kappa shape index (κ3) is 4.30. The SMILES string of the molecule is Cc1ccc(N2C(=O)/C(=C/c3cc(C)n(-c4ccc(C5CCCCC5)cc4)c3C)N(C)C2=S)cc1C. The molecule has 1 aliphatic carbocycles. The molecule has 5 heteroatoms. The number of anilines is 1. The average Bonchev–Trinajstić information content (AvgIpc) is 3.28. The van der Waals surface area contributed by atoms with Gasteiger partial charge in [0, 0.05) is 24.1 Å². The Balaban J connectivity index is 1.45. The van der Waals surface area contributed by atoms with Crippen LogP contribution in [0.15, 0.2) is 54.2 Å².